The second-order valence-electron chi connectivity index (χ2n) is 1.51. The number of hydrogen-bond donors (Lipinski definition) is 0. The van der Waals surface area contributed by atoms with Crippen molar-refractivity contribution in [1.29, 1.82) is 0 Å². The van der Waals surface area contributed by atoms with Crippen LogP contribution in [0.4, 0.5) is 0 Å². The quantitative estimate of drug-likeness (QED) is 0.566. The first kappa shape index (κ1) is 8.66. The molecule has 0 spiro atoms. The third-order valence-corrected chi connectivity index (χ3v) is 0.969. The van der Waals surface area contributed by atoms with Gasteiger partial charge in [0.15, 0.2) is 0 Å². The predicted molar refractivity (Wildman–Crippen MR) is 30.2 cm³/mol. The summed E-state index contributed by atoms with van der Waals surface area (Å²) in [6.07, 6.45) is 4.29. The molecule has 0 fully saturated rings. The Morgan fingerprint density at radius 2 is 2.33 bits per heavy atom. The van der Waals surface area contributed by atoms with Gasteiger partial charge >= 0.3 is 0 Å². The van der Waals surface area contributed by atoms with E-state index in [4.69, 9.17) is 0 Å². The van der Waals surface area contributed by atoms with E-state index in [-0.39, 0.29) is 18.6 Å². The summed E-state index contributed by atoms with van der Waals surface area (Å²) >= 11 is 0. The molecule has 0 aromatic carbocycles. The predicted octanol–water partition coefficient (Wildman–Crippen LogP) is 0.837. The molecule has 1 rings (SSSR count). The third-order valence-electron chi connectivity index (χ3n) is 0.969. The van der Waals surface area contributed by atoms with Gasteiger partial charge in [0.2, 0.25) is 0 Å². The molecule has 0 saturated heterocycles. The summed E-state index contributed by atoms with van der Waals surface area (Å²) in [5, 5.41) is 7.26. The van der Waals surface area contributed by atoms with Gasteiger partial charge in [0.25, 0.3) is 0 Å². The Hall–Kier alpha value is -0.336. The summed E-state index contributed by atoms with van der Waals surface area (Å²) in [5.74, 6) is 0. The molecule has 2 nitrogen and oxygen atoms in total. The summed E-state index contributed by atoms with van der Waals surface area (Å²) in [6.45, 7) is 2.06. The molecule has 0 unspecified atom stereocenters. The van der Waals surface area contributed by atoms with Gasteiger partial charge < -0.3 is 0 Å². The van der Waals surface area contributed by atoms with Gasteiger partial charge in [0.1, 0.15) is 0 Å². The molecule has 0 saturated carbocycles. The maximum Gasteiger partial charge on any atom is 0 e. The van der Waals surface area contributed by atoms with E-state index in [0.717, 1.165) is 12.0 Å². The van der Waals surface area contributed by atoms with Crippen molar-refractivity contribution in [2.24, 2.45) is 0 Å². The molecule has 9 heavy (non-hydrogen) atoms. The summed E-state index contributed by atoms with van der Waals surface area (Å²) in [7, 11) is 0. The van der Waals surface area contributed by atoms with Gasteiger partial charge in [-0.05, 0) is 6.20 Å². The Kier molecular flexibility index (Phi) is 4.37. The first-order chi connectivity index (χ1) is 3.93. The molecule has 0 atom stereocenters. The Balaban J connectivity index is 0.000000640. The minimum Gasteiger partial charge on any atom is -0.258 e. The molecular weight excluding hydrogens is 151 g/mol. The number of hydrogen-bond acceptors (Lipinski definition) is 2. The van der Waals surface area contributed by atoms with Crippen LogP contribution in [0.2, 0.25) is 0 Å². The summed E-state index contributed by atoms with van der Waals surface area (Å²) in [4.78, 5) is 0. The molecule has 0 N–H and O–H groups in total. The van der Waals surface area contributed by atoms with Gasteiger partial charge in [-0.2, -0.15) is 10.7 Å². The standard InChI is InChI=1S/C6H7N2.V/c1-2-6-3-4-7-8-5-6;/h4-5H,2H2,1H3;/q-1;. The van der Waals surface area contributed by atoms with Crippen LogP contribution in [0.5, 0.6) is 0 Å². The topological polar surface area (TPSA) is 25.8 Å². The molecule has 0 aliphatic heterocycles. The number of aryl methyl sites for hydroxylation is 1. The molecule has 47 valence electrons. The van der Waals surface area contributed by atoms with Gasteiger partial charge in [0.05, 0.1) is 0 Å². The Labute approximate surface area is 66.6 Å². The maximum atomic E-state index is 3.67. The Morgan fingerprint density at radius 3 is 2.67 bits per heavy atom. The van der Waals surface area contributed by atoms with Crippen molar-refractivity contribution >= 4 is 0 Å². The van der Waals surface area contributed by atoms with Crippen LogP contribution in [-0.2, 0) is 25.0 Å². The van der Waals surface area contributed by atoms with E-state index in [1.54, 1.807) is 12.4 Å². The molecular formula is C6H7N2V-. The SMILES string of the molecule is CCc1[c-]cnnc1.[V]. The molecule has 1 heterocycles. The van der Waals surface area contributed by atoms with Crippen LogP contribution in [0.1, 0.15) is 12.5 Å². The van der Waals surface area contributed by atoms with Crippen LogP contribution in [-0.4, -0.2) is 10.2 Å². The van der Waals surface area contributed by atoms with Crippen LogP contribution in [0.3, 0.4) is 0 Å². The van der Waals surface area contributed by atoms with E-state index >= 15 is 0 Å². The van der Waals surface area contributed by atoms with E-state index in [9.17, 15) is 0 Å². The van der Waals surface area contributed by atoms with Crippen molar-refractivity contribution in [2.45, 2.75) is 13.3 Å². The van der Waals surface area contributed by atoms with Crippen molar-refractivity contribution in [2.75, 3.05) is 0 Å². The van der Waals surface area contributed by atoms with Crippen molar-refractivity contribution in [3.63, 3.8) is 0 Å². The summed E-state index contributed by atoms with van der Waals surface area (Å²) in [5.41, 5.74) is 1.11. The molecule has 1 aromatic heterocycles. The van der Waals surface area contributed by atoms with Gasteiger partial charge in [-0.1, -0.05) is 19.5 Å². The molecule has 0 bridgehead atoms. The van der Waals surface area contributed by atoms with Crippen molar-refractivity contribution in [3.8, 4) is 0 Å². The van der Waals surface area contributed by atoms with E-state index in [1.807, 2.05) is 0 Å². The molecule has 3 heteroatoms. The van der Waals surface area contributed by atoms with Crippen LogP contribution in [0, 0.1) is 6.07 Å². The number of aromatic nitrogens is 2. The smallest absolute Gasteiger partial charge is 0 e. The molecule has 1 radical (unpaired) electrons. The largest absolute Gasteiger partial charge is 0.258 e. The maximum absolute atomic E-state index is 3.67. The second-order valence-corrected chi connectivity index (χ2v) is 1.51. The minimum absolute atomic E-state index is 0. The Morgan fingerprint density at radius 1 is 1.56 bits per heavy atom. The van der Waals surface area contributed by atoms with Crippen LogP contribution in [0.15, 0.2) is 12.4 Å². The summed E-state index contributed by atoms with van der Waals surface area (Å²) in [6, 6.07) is 2.94. The first-order valence-corrected chi connectivity index (χ1v) is 2.60. The molecule has 1 aromatic rings. The van der Waals surface area contributed by atoms with Gasteiger partial charge in [-0.15, -0.1) is 0 Å². The van der Waals surface area contributed by atoms with Crippen molar-refractivity contribution in [3.05, 3.63) is 24.0 Å². The fraction of sp³-hybridized carbons (Fsp3) is 0.333. The van der Waals surface area contributed by atoms with Crippen LogP contribution >= 0.6 is 0 Å². The van der Waals surface area contributed by atoms with E-state index in [0.29, 0.717) is 0 Å². The first-order valence-electron chi connectivity index (χ1n) is 2.60. The van der Waals surface area contributed by atoms with Gasteiger partial charge in [-0.3, -0.25) is 5.10 Å². The van der Waals surface area contributed by atoms with Crippen molar-refractivity contribution in [1.82, 2.24) is 10.2 Å². The molecule has 0 aliphatic rings. The fourth-order valence-electron chi connectivity index (χ4n) is 0.479. The third kappa shape index (κ3) is 2.63. The average Bonchev–Trinajstić information content (AvgIpc) is 1.90. The monoisotopic (exact) mass is 158 g/mol. The van der Waals surface area contributed by atoms with E-state index in [2.05, 4.69) is 23.2 Å². The van der Waals surface area contributed by atoms with E-state index in [1.165, 1.54) is 0 Å². The number of rotatable bonds is 1. The molecule has 0 aliphatic carbocycles. The Bertz CT molecular complexity index is 152. The van der Waals surface area contributed by atoms with Gasteiger partial charge in [0, 0.05) is 18.6 Å². The minimum atomic E-state index is 0. The summed E-state index contributed by atoms with van der Waals surface area (Å²) < 4.78 is 0. The van der Waals surface area contributed by atoms with Crippen LogP contribution in [0.25, 0.3) is 0 Å². The van der Waals surface area contributed by atoms with Crippen molar-refractivity contribution < 1.29 is 18.6 Å². The number of nitrogens with zero attached hydrogens (tertiary/aromatic N) is 2. The molecule has 0 amide bonds. The second kappa shape index (κ2) is 4.53. The fourth-order valence-corrected chi connectivity index (χ4v) is 0.479. The average molecular weight is 158 g/mol. The van der Waals surface area contributed by atoms with E-state index < -0.39 is 0 Å². The zero-order valence-corrected chi connectivity index (χ0v) is 6.60. The van der Waals surface area contributed by atoms with Gasteiger partial charge in [-0.25, -0.2) is 6.07 Å². The normalized spacial score (nSPS) is 8.11. The zero-order chi connectivity index (χ0) is 5.82. The van der Waals surface area contributed by atoms with Crippen LogP contribution < -0.4 is 0 Å². The zero-order valence-electron chi connectivity index (χ0n) is 5.20.